The molecule has 0 heterocycles. The van der Waals surface area contributed by atoms with Crippen molar-refractivity contribution in [2.75, 3.05) is 17.2 Å². The normalized spacial score (nSPS) is 10.2. The van der Waals surface area contributed by atoms with E-state index in [-0.39, 0.29) is 6.03 Å². The first-order chi connectivity index (χ1) is 10.2. The highest BCUT2D eigenvalue weighted by Gasteiger charge is 2.03. The largest absolute Gasteiger partial charge is 0.323 e. The van der Waals surface area contributed by atoms with Gasteiger partial charge in [0.1, 0.15) is 0 Å². The minimum Gasteiger partial charge on any atom is -0.313 e. The number of amides is 2. The lowest BCUT2D eigenvalue weighted by molar-refractivity contribution is 0.262. The molecule has 0 aromatic heterocycles. The summed E-state index contributed by atoms with van der Waals surface area (Å²) in [6, 6.07) is 15.3. The fourth-order valence-electron chi connectivity index (χ4n) is 1.96. The lowest BCUT2D eigenvalue weighted by atomic mass is 10.2. The van der Waals surface area contributed by atoms with Crippen LogP contribution in [0.5, 0.6) is 0 Å². The van der Waals surface area contributed by atoms with Crippen molar-refractivity contribution in [1.82, 2.24) is 5.32 Å². The molecule has 0 fully saturated rings. The number of aryl methyl sites for hydroxylation is 1. The maximum atomic E-state index is 12.0. The topological polar surface area (TPSA) is 53.2 Å². The molecule has 4 heteroatoms. The summed E-state index contributed by atoms with van der Waals surface area (Å²) in [5.41, 5.74) is 3.87. The molecular formula is C17H21N3O. The standard InChI is InChI=1S/C17H21N3O/c1-3-18-12-14-5-4-6-16(11-14)20-17(21)19-15-9-7-13(2)8-10-15/h4-11,18H,3,12H2,1-2H3,(H2,19,20,21). The Morgan fingerprint density at radius 2 is 1.71 bits per heavy atom. The quantitative estimate of drug-likeness (QED) is 0.782. The van der Waals surface area contributed by atoms with Crippen molar-refractivity contribution in [3.8, 4) is 0 Å². The third kappa shape index (κ3) is 4.93. The molecule has 4 nitrogen and oxygen atoms in total. The predicted molar refractivity (Wildman–Crippen MR) is 87.6 cm³/mol. The molecule has 0 aliphatic carbocycles. The van der Waals surface area contributed by atoms with E-state index in [4.69, 9.17) is 0 Å². The van der Waals surface area contributed by atoms with Crippen molar-refractivity contribution in [2.24, 2.45) is 0 Å². The van der Waals surface area contributed by atoms with E-state index in [1.54, 1.807) is 0 Å². The molecule has 2 amide bonds. The number of anilines is 2. The van der Waals surface area contributed by atoms with E-state index >= 15 is 0 Å². The van der Waals surface area contributed by atoms with E-state index in [1.807, 2.05) is 55.5 Å². The first-order valence-electron chi connectivity index (χ1n) is 7.11. The number of hydrogen-bond donors (Lipinski definition) is 3. The Hall–Kier alpha value is -2.33. The Labute approximate surface area is 125 Å². The molecular weight excluding hydrogens is 262 g/mol. The number of benzene rings is 2. The van der Waals surface area contributed by atoms with Gasteiger partial charge >= 0.3 is 6.03 Å². The molecule has 0 bridgehead atoms. The first kappa shape index (κ1) is 15.1. The van der Waals surface area contributed by atoms with Crippen molar-refractivity contribution >= 4 is 17.4 Å². The van der Waals surface area contributed by atoms with Crippen molar-refractivity contribution in [2.45, 2.75) is 20.4 Å². The average Bonchev–Trinajstić information content (AvgIpc) is 2.48. The van der Waals surface area contributed by atoms with Gasteiger partial charge in [0.25, 0.3) is 0 Å². The van der Waals surface area contributed by atoms with Crippen LogP contribution in [-0.2, 0) is 6.54 Å². The predicted octanol–water partition coefficient (Wildman–Crippen LogP) is 3.75. The van der Waals surface area contributed by atoms with Gasteiger partial charge in [-0.25, -0.2) is 4.79 Å². The smallest absolute Gasteiger partial charge is 0.313 e. The van der Waals surface area contributed by atoms with Gasteiger partial charge in [-0.15, -0.1) is 0 Å². The molecule has 0 aliphatic heterocycles. The highest BCUT2D eigenvalue weighted by molar-refractivity contribution is 5.99. The van der Waals surface area contributed by atoms with Crippen LogP contribution in [-0.4, -0.2) is 12.6 Å². The number of nitrogens with one attached hydrogen (secondary N) is 3. The molecule has 0 radical (unpaired) electrons. The molecule has 0 saturated heterocycles. The Morgan fingerprint density at radius 3 is 2.43 bits per heavy atom. The SMILES string of the molecule is CCNCc1cccc(NC(=O)Nc2ccc(C)cc2)c1. The van der Waals surface area contributed by atoms with E-state index in [1.165, 1.54) is 0 Å². The number of rotatable bonds is 5. The Kier molecular flexibility index (Phi) is 5.35. The van der Waals surface area contributed by atoms with Crippen LogP contribution in [0.4, 0.5) is 16.2 Å². The third-order valence-electron chi connectivity index (χ3n) is 3.07. The van der Waals surface area contributed by atoms with E-state index < -0.39 is 0 Å². The van der Waals surface area contributed by atoms with Gasteiger partial charge in [0, 0.05) is 17.9 Å². The second kappa shape index (κ2) is 7.45. The van der Waals surface area contributed by atoms with Crippen LogP contribution < -0.4 is 16.0 Å². The second-order valence-corrected chi connectivity index (χ2v) is 4.93. The Bertz CT molecular complexity index is 593. The zero-order valence-electron chi connectivity index (χ0n) is 12.4. The minimum absolute atomic E-state index is 0.237. The van der Waals surface area contributed by atoms with Crippen LogP contribution in [0.15, 0.2) is 48.5 Å². The summed E-state index contributed by atoms with van der Waals surface area (Å²) in [5, 5.41) is 8.92. The van der Waals surface area contributed by atoms with Gasteiger partial charge < -0.3 is 16.0 Å². The fraction of sp³-hybridized carbons (Fsp3) is 0.235. The minimum atomic E-state index is -0.237. The summed E-state index contributed by atoms with van der Waals surface area (Å²) in [5.74, 6) is 0. The van der Waals surface area contributed by atoms with Crippen molar-refractivity contribution in [1.29, 1.82) is 0 Å². The Morgan fingerprint density at radius 1 is 1.00 bits per heavy atom. The lowest BCUT2D eigenvalue weighted by Crippen LogP contribution is -2.19. The van der Waals surface area contributed by atoms with Crippen LogP contribution in [0.25, 0.3) is 0 Å². The molecule has 0 atom stereocenters. The maximum Gasteiger partial charge on any atom is 0.323 e. The van der Waals surface area contributed by atoms with Crippen molar-refractivity contribution in [3.05, 3.63) is 59.7 Å². The number of carbonyl (C=O) groups excluding carboxylic acids is 1. The molecule has 0 aliphatic rings. The molecule has 3 N–H and O–H groups in total. The average molecular weight is 283 g/mol. The highest BCUT2D eigenvalue weighted by Crippen LogP contribution is 2.12. The summed E-state index contributed by atoms with van der Waals surface area (Å²) >= 11 is 0. The molecule has 21 heavy (non-hydrogen) atoms. The molecule has 2 aromatic rings. The zero-order chi connectivity index (χ0) is 15.1. The van der Waals surface area contributed by atoms with Crippen molar-refractivity contribution in [3.63, 3.8) is 0 Å². The molecule has 2 rings (SSSR count). The maximum absolute atomic E-state index is 12.0. The van der Waals surface area contributed by atoms with Crippen LogP contribution in [0.2, 0.25) is 0 Å². The van der Waals surface area contributed by atoms with Crippen LogP contribution >= 0.6 is 0 Å². The van der Waals surface area contributed by atoms with E-state index in [0.717, 1.165) is 35.6 Å². The highest BCUT2D eigenvalue weighted by atomic mass is 16.2. The van der Waals surface area contributed by atoms with Crippen molar-refractivity contribution < 1.29 is 4.79 Å². The number of hydrogen-bond acceptors (Lipinski definition) is 2. The van der Waals surface area contributed by atoms with E-state index in [0.29, 0.717) is 0 Å². The lowest BCUT2D eigenvalue weighted by Gasteiger charge is -2.09. The molecule has 2 aromatic carbocycles. The summed E-state index contributed by atoms with van der Waals surface area (Å²) < 4.78 is 0. The fourth-order valence-corrected chi connectivity index (χ4v) is 1.96. The van der Waals surface area contributed by atoms with E-state index in [9.17, 15) is 4.79 Å². The molecule has 0 spiro atoms. The van der Waals surface area contributed by atoms with Crippen LogP contribution in [0, 0.1) is 6.92 Å². The van der Waals surface area contributed by atoms with Gasteiger partial charge in [-0.2, -0.15) is 0 Å². The van der Waals surface area contributed by atoms with Crippen LogP contribution in [0.3, 0.4) is 0 Å². The van der Waals surface area contributed by atoms with Gasteiger partial charge in [0.15, 0.2) is 0 Å². The number of carbonyl (C=O) groups is 1. The van der Waals surface area contributed by atoms with Gasteiger partial charge in [-0.05, 0) is 43.3 Å². The van der Waals surface area contributed by atoms with Gasteiger partial charge in [-0.3, -0.25) is 0 Å². The summed E-state index contributed by atoms with van der Waals surface area (Å²) in [7, 11) is 0. The van der Waals surface area contributed by atoms with Gasteiger partial charge in [0.2, 0.25) is 0 Å². The molecule has 110 valence electrons. The summed E-state index contributed by atoms with van der Waals surface area (Å²) in [4.78, 5) is 12.0. The monoisotopic (exact) mass is 283 g/mol. The van der Waals surface area contributed by atoms with Gasteiger partial charge in [0.05, 0.1) is 0 Å². The molecule has 0 saturated carbocycles. The zero-order valence-corrected chi connectivity index (χ0v) is 12.4. The summed E-state index contributed by atoms with van der Waals surface area (Å²) in [6.45, 7) is 5.80. The Balaban J connectivity index is 1.94. The van der Waals surface area contributed by atoms with E-state index in [2.05, 4.69) is 22.9 Å². The first-order valence-corrected chi connectivity index (χ1v) is 7.11. The second-order valence-electron chi connectivity index (χ2n) is 4.93. The van der Waals surface area contributed by atoms with Crippen LogP contribution in [0.1, 0.15) is 18.1 Å². The summed E-state index contributed by atoms with van der Waals surface area (Å²) in [6.07, 6.45) is 0. The van der Waals surface area contributed by atoms with Gasteiger partial charge in [-0.1, -0.05) is 36.8 Å². The number of urea groups is 1. The third-order valence-corrected chi connectivity index (χ3v) is 3.07. The molecule has 0 unspecified atom stereocenters.